The first kappa shape index (κ1) is 31.4. The number of rotatable bonds is 9. The molecule has 3 unspecified atom stereocenters. The van der Waals surface area contributed by atoms with E-state index in [1.807, 2.05) is 0 Å². The number of nitrogens with zero attached hydrogens (tertiary/aromatic N) is 3. The largest absolute Gasteiger partial charge is 0.488 e. The number of amides is 2. The third-order valence-corrected chi connectivity index (χ3v) is 8.44. The van der Waals surface area contributed by atoms with E-state index < -0.39 is 18.0 Å². The van der Waals surface area contributed by atoms with Gasteiger partial charge in [0.05, 0.1) is 29.7 Å². The molecule has 4 fully saturated rings. The van der Waals surface area contributed by atoms with Gasteiger partial charge in [-0.2, -0.15) is 0 Å². The minimum Gasteiger partial charge on any atom is -0.488 e. The third kappa shape index (κ3) is 8.28. The zero-order valence-electron chi connectivity index (χ0n) is 23.7. The first-order valence-electron chi connectivity index (χ1n) is 14.7. The molecule has 2 saturated heterocycles. The maximum atomic E-state index is 14.0. The van der Waals surface area contributed by atoms with Crippen LogP contribution in [0.3, 0.4) is 0 Å². The average molecular weight is 590 g/mol. The molecule has 11 nitrogen and oxygen atoms in total. The van der Waals surface area contributed by atoms with Gasteiger partial charge in [-0.15, -0.1) is 0 Å². The lowest BCUT2D eigenvalue weighted by atomic mass is 9.80. The van der Waals surface area contributed by atoms with Gasteiger partial charge in [-0.05, 0) is 70.0 Å². The van der Waals surface area contributed by atoms with Gasteiger partial charge in [-0.1, -0.05) is 0 Å². The van der Waals surface area contributed by atoms with E-state index in [0.29, 0.717) is 38.0 Å². The summed E-state index contributed by atoms with van der Waals surface area (Å²) in [6, 6.07) is 4.82. The van der Waals surface area contributed by atoms with Crippen LogP contribution >= 0.6 is 0 Å². The van der Waals surface area contributed by atoms with Crippen LogP contribution in [0.2, 0.25) is 0 Å². The van der Waals surface area contributed by atoms with Crippen molar-refractivity contribution in [1.29, 1.82) is 0 Å². The second-order valence-electron chi connectivity index (χ2n) is 11.3. The Morgan fingerprint density at radius 1 is 0.905 bits per heavy atom. The number of carboxylic acids is 2. The Morgan fingerprint density at radius 3 is 2.19 bits per heavy atom. The molecule has 5 rings (SSSR count). The molecule has 4 aliphatic rings. The van der Waals surface area contributed by atoms with Crippen molar-refractivity contribution in [2.45, 2.75) is 63.6 Å². The van der Waals surface area contributed by atoms with Gasteiger partial charge in [0, 0.05) is 50.9 Å². The van der Waals surface area contributed by atoms with Crippen LogP contribution in [0.1, 0.15) is 51.4 Å². The molecule has 2 aliphatic heterocycles. The molecule has 12 heteroatoms. The summed E-state index contributed by atoms with van der Waals surface area (Å²) in [6.45, 7) is 4.53. The van der Waals surface area contributed by atoms with Crippen LogP contribution in [-0.4, -0.2) is 100 Å². The Labute approximate surface area is 244 Å². The van der Waals surface area contributed by atoms with E-state index in [1.54, 1.807) is 12.1 Å². The van der Waals surface area contributed by atoms with Gasteiger partial charge in [0.1, 0.15) is 11.6 Å². The molecule has 3 atom stereocenters. The molecule has 0 radical (unpaired) electrons. The van der Waals surface area contributed by atoms with E-state index in [1.165, 1.54) is 23.8 Å². The van der Waals surface area contributed by atoms with E-state index in [4.69, 9.17) is 14.9 Å². The zero-order chi connectivity index (χ0) is 30.2. The highest BCUT2D eigenvalue weighted by Gasteiger charge is 2.49. The number of fused-ring (bicyclic) bond motifs is 1. The minimum absolute atomic E-state index is 0.0485. The molecule has 0 aromatic heterocycles. The average Bonchev–Trinajstić information content (AvgIpc) is 3.56. The topological polar surface area (TPSA) is 148 Å². The van der Waals surface area contributed by atoms with Gasteiger partial charge in [0.2, 0.25) is 11.8 Å². The van der Waals surface area contributed by atoms with Crippen molar-refractivity contribution in [2.75, 3.05) is 44.2 Å². The summed E-state index contributed by atoms with van der Waals surface area (Å²) in [7, 11) is 0. The number of carboxylic acid groups (broad SMARTS) is 2. The number of imide groups is 1. The van der Waals surface area contributed by atoms with Crippen molar-refractivity contribution in [3.05, 3.63) is 36.2 Å². The van der Waals surface area contributed by atoms with E-state index in [2.05, 4.69) is 9.80 Å². The SMILES string of the molecule is O=C(O)/C=C\C(=O)O.O=C1C2CCC(O)CC2C(=O)N1CCCN1CCN(c2cc(F)ccc2OC2CCCC2)CC1. The lowest BCUT2D eigenvalue weighted by Crippen LogP contribution is -2.47. The number of hydrogen-bond acceptors (Lipinski definition) is 8. The highest BCUT2D eigenvalue weighted by Crippen LogP contribution is 2.38. The number of aliphatic hydroxyl groups excluding tert-OH is 1. The fourth-order valence-electron chi connectivity index (χ4n) is 6.28. The van der Waals surface area contributed by atoms with Crippen molar-refractivity contribution in [1.82, 2.24) is 9.80 Å². The van der Waals surface area contributed by atoms with Crippen LogP contribution in [-0.2, 0) is 19.2 Å². The lowest BCUT2D eigenvalue weighted by Gasteiger charge is -2.37. The molecule has 2 heterocycles. The molecular formula is C30H40FN3O8. The standard InChI is InChI=1S/C26H36FN3O4.C4H4O4/c27-18-6-9-24(34-20-4-1-2-5-20)23(16-18)29-14-12-28(13-15-29)10-3-11-30-25(32)21-8-7-19(31)17-22(21)26(30)33;5-3(6)1-2-4(7)8/h6,9,16,19-22,31H,1-5,7-8,10-15,17H2;1-2H,(H,5,6)(H,7,8)/b;2-1-. The summed E-state index contributed by atoms with van der Waals surface area (Å²) >= 11 is 0. The molecule has 230 valence electrons. The minimum atomic E-state index is -1.26. The first-order chi connectivity index (χ1) is 20.1. The lowest BCUT2D eigenvalue weighted by molar-refractivity contribution is -0.140. The Balaban J connectivity index is 0.000000446. The van der Waals surface area contributed by atoms with Crippen LogP contribution in [0.15, 0.2) is 30.4 Å². The Morgan fingerprint density at radius 2 is 1.55 bits per heavy atom. The van der Waals surface area contributed by atoms with Crippen LogP contribution < -0.4 is 9.64 Å². The summed E-state index contributed by atoms with van der Waals surface area (Å²) < 4.78 is 20.3. The maximum absolute atomic E-state index is 14.0. The molecule has 2 amide bonds. The fraction of sp³-hybridized carbons (Fsp3) is 0.600. The van der Waals surface area contributed by atoms with Crippen LogP contribution in [0.4, 0.5) is 10.1 Å². The second kappa shape index (κ2) is 14.6. The highest BCUT2D eigenvalue weighted by molar-refractivity contribution is 6.05. The van der Waals surface area contributed by atoms with Gasteiger partial charge in [0.25, 0.3) is 0 Å². The first-order valence-corrected chi connectivity index (χ1v) is 14.7. The van der Waals surface area contributed by atoms with Crippen LogP contribution in [0.5, 0.6) is 5.75 Å². The summed E-state index contributed by atoms with van der Waals surface area (Å²) in [5.41, 5.74) is 0.838. The summed E-state index contributed by atoms with van der Waals surface area (Å²) in [6.07, 6.45) is 7.78. The summed E-state index contributed by atoms with van der Waals surface area (Å²) in [5, 5.41) is 25.5. The second-order valence-corrected chi connectivity index (χ2v) is 11.3. The van der Waals surface area contributed by atoms with Crippen LogP contribution in [0, 0.1) is 17.7 Å². The molecule has 0 bridgehead atoms. The smallest absolute Gasteiger partial charge is 0.328 e. The number of anilines is 1. The zero-order valence-corrected chi connectivity index (χ0v) is 23.7. The fourth-order valence-corrected chi connectivity index (χ4v) is 6.28. The van der Waals surface area contributed by atoms with Gasteiger partial charge in [-0.25, -0.2) is 14.0 Å². The van der Waals surface area contributed by atoms with E-state index in [0.717, 1.165) is 63.4 Å². The number of hydrogen-bond donors (Lipinski definition) is 3. The van der Waals surface area contributed by atoms with Crippen molar-refractivity contribution in [3.8, 4) is 5.75 Å². The van der Waals surface area contributed by atoms with E-state index >= 15 is 0 Å². The number of aliphatic carboxylic acids is 2. The van der Waals surface area contributed by atoms with Crippen molar-refractivity contribution in [3.63, 3.8) is 0 Å². The molecule has 2 aliphatic carbocycles. The molecule has 1 aromatic rings. The van der Waals surface area contributed by atoms with Crippen molar-refractivity contribution < 1.29 is 43.6 Å². The van der Waals surface area contributed by atoms with Gasteiger partial charge < -0.3 is 25.0 Å². The van der Waals surface area contributed by atoms with Crippen molar-refractivity contribution in [2.24, 2.45) is 11.8 Å². The van der Waals surface area contributed by atoms with Gasteiger partial charge in [-0.3, -0.25) is 19.4 Å². The molecule has 0 spiro atoms. The Bertz CT molecular complexity index is 1150. The van der Waals surface area contributed by atoms with Crippen molar-refractivity contribution >= 4 is 29.4 Å². The van der Waals surface area contributed by atoms with E-state index in [-0.39, 0.29) is 35.6 Å². The number of piperazine rings is 1. The predicted octanol–water partition coefficient (Wildman–Crippen LogP) is 2.52. The Hall–Kier alpha value is -3.51. The highest BCUT2D eigenvalue weighted by atomic mass is 19.1. The number of halogens is 1. The number of benzene rings is 1. The number of carbonyl (C=O) groups is 4. The third-order valence-electron chi connectivity index (χ3n) is 8.44. The monoisotopic (exact) mass is 589 g/mol. The van der Waals surface area contributed by atoms with Gasteiger partial charge in [0.15, 0.2) is 0 Å². The molecule has 1 aromatic carbocycles. The molecular weight excluding hydrogens is 549 g/mol. The molecule has 2 saturated carbocycles. The Kier molecular flexibility index (Phi) is 10.9. The quantitative estimate of drug-likeness (QED) is 0.290. The summed E-state index contributed by atoms with van der Waals surface area (Å²) in [5.74, 6) is -2.69. The molecule has 3 N–H and O–H groups in total. The summed E-state index contributed by atoms with van der Waals surface area (Å²) in [4.78, 5) is 50.5. The maximum Gasteiger partial charge on any atom is 0.328 e. The van der Waals surface area contributed by atoms with Crippen LogP contribution in [0.25, 0.3) is 0 Å². The molecule has 42 heavy (non-hydrogen) atoms. The number of likely N-dealkylation sites (tertiary alicyclic amines) is 1. The number of carbonyl (C=O) groups excluding carboxylic acids is 2. The number of aliphatic hydroxyl groups is 1. The number of ether oxygens (including phenoxy) is 1. The normalized spacial score (nSPS) is 25.0. The van der Waals surface area contributed by atoms with E-state index in [9.17, 15) is 28.7 Å². The van der Waals surface area contributed by atoms with Gasteiger partial charge >= 0.3 is 11.9 Å². The predicted molar refractivity (Wildman–Crippen MR) is 151 cm³/mol.